The highest BCUT2D eigenvalue weighted by Gasteiger charge is 2.13. The summed E-state index contributed by atoms with van der Waals surface area (Å²) in [7, 11) is 4.63. The number of hydrogen-bond donors (Lipinski definition) is 3. The van der Waals surface area contributed by atoms with E-state index in [1.807, 2.05) is 18.2 Å². The van der Waals surface area contributed by atoms with Gasteiger partial charge in [-0.15, -0.1) is 10.2 Å². The van der Waals surface area contributed by atoms with Crippen LogP contribution in [0, 0.1) is 0 Å². The summed E-state index contributed by atoms with van der Waals surface area (Å²) in [6, 6.07) is 15.5. The lowest BCUT2D eigenvalue weighted by molar-refractivity contribution is 0.262. The quantitative estimate of drug-likeness (QED) is 0.557. The highest BCUT2D eigenvalue weighted by molar-refractivity contribution is 5.99. The number of urea groups is 1. The van der Waals surface area contributed by atoms with E-state index in [4.69, 9.17) is 14.2 Å². The van der Waals surface area contributed by atoms with Crippen LogP contribution < -0.4 is 30.2 Å². The van der Waals surface area contributed by atoms with Gasteiger partial charge in [-0.2, -0.15) is 0 Å². The number of para-hydroxylation sites is 1. The molecule has 2 amide bonds. The second kappa shape index (κ2) is 9.27. The number of amides is 2. The first kappa shape index (κ1) is 19.7. The fourth-order valence-corrected chi connectivity index (χ4v) is 2.57. The first-order chi connectivity index (χ1) is 14.1. The van der Waals surface area contributed by atoms with Gasteiger partial charge >= 0.3 is 6.03 Å². The molecule has 0 aliphatic rings. The number of rotatable bonds is 7. The number of nitrogens with zero attached hydrogens (tertiary/aromatic N) is 2. The van der Waals surface area contributed by atoms with E-state index in [0.717, 1.165) is 0 Å². The minimum Gasteiger partial charge on any atom is -0.493 e. The lowest BCUT2D eigenvalue weighted by atomic mass is 10.2. The van der Waals surface area contributed by atoms with Gasteiger partial charge in [0, 0.05) is 23.5 Å². The van der Waals surface area contributed by atoms with Crippen molar-refractivity contribution in [1.82, 2.24) is 10.2 Å². The molecule has 2 aromatic carbocycles. The van der Waals surface area contributed by atoms with Crippen LogP contribution in [0.2, 0.25) is 0 Å². The number of benzene rings is 2. The van der Waals surface area contributed by atoms with Crippen LogP contribution >= 0.6 is 0 Å². The van der Waals surface area contributed by atoms with Crippen molar-refractivity contribution in [2.45, 2.75) is 0 Å². The van der Waals surface area contributed by atoms with Crippen molar-refractivity contribution in [3.05, 3.63) is 54.6 Å². The van der Waals surface area contributed by atoms with Crippen molar-refractivity contribution in [3.8, 4) is 17.2 Å². The molecule has 1 heterocycles. The van der Waals surface area contributed by atoms with Crippen LogP contribution in [-0.2, 0) is 0 Å². The predicted octanol–water partition coefficient (Wildman–Crippen LogP) is 3.89. The third-order valence-electron chi connectivity index (χ3n) is 3.87. The zero-order valence-electron chi connectivity index (χ0n) is 16.2. The summed E-state index contributed by atoms with van der Waals surface area (Å²) in [5, 5.41) is 16.5. The molecule has 0 radical (unpaired) electrons. The number of ether oxygens (including phenoxy) is 3. The highest BCUT2D eigenvalue weighted by Crippen LogP contribution is 2.40. The summed E-state index contributed by atoms with van der Waals surface area (Å²) in [6.07, 6.45) is 0. The van der Waals surface area contributed by atoms with Crippen LogP contribution in [0.3, 0.4) is 0 Å². The molecule has 0 aliphatic carbocycles. The smallest absolute Gasteiger partial charge is 0.324 e. The van der Waals surface area contributed by atoms with Gasteiger partial charge in [0.1, 0.15) is 0 Å². The number of aromatic nitrogens is 2. The molecule has 3 N–H and O–H groups in total. The summed E-state index contributed by atoms with van der Waals surface area (Å²) in [4.78, 5) is 12.0. The van der Waals surface area contributed by atoms with Crippen LogP contribution in [0.25, 0.3) is 0 Å². The Balaban J connectivity index is 1.67. The van der Waals surface area contributed by atoms with Crippen molar-refractivity contribution < 1.29 is 19.0 Å². The van der Waals surface area contributed by atoms with Crippen molar-refractivity contribution in [2.24, 2.45) is 0 Å². The first-order valence-electron chi connectivity index (χ1n) is 8.66. The Morgan fingerprint density at radius 3 is 1.93 bits per heavy atom. The fourth-order valence-electron chi connectivity index (χ4n) is 2.57. The summed E-state index contributed by atoms with van der Waals surface area (Å²) in [5.41, 5.74) is 1.36. The third-order valence-corrected chi connectivity index (χ3v) is 3.87. The van der Waals surface area contributed by atoms with E-state index in [1.54, 1.807) is 57.7 Å². The molecule has 0 saturated carbocycles. The molecule has 1 aromatic heterocycles. The Morgan fingerprint density at radius 2 is 1.38 bits per heavy atom. The predicted molar refractivity (Wildman–Crippen MR) is 110 cm³/mol. The van der Waals surface area contributed by atoms with E-state index < -0.39 is 6.03 Å². The number of carbonyl (C=O) groups excluding carboxylic acids is 1. The van der Waals surface area contributed by atoms with Crippen LogP contribution in [-0.4, -0.2) is 37.6 Å². The first-order valence-corrected chi connectivity index (χ1v) is 8.66. The lowest BCUT2D eigenvalue weighted by Crippen LogP contribution is -2.20. The molecule has 0 bridgehead atoms. The van der Waals surface area contributed by atoms with Gasteiger partial charge in [-0.3, -0.25) is 5.32 Å². The zero-order chi connectivity index (χ0) is 20.6. The van der Waals surface area contributed by atoms with Gasteiger partial charge in [-0.25, -0.2) is 4.79 Å². The molecule has 0 saturated heterocycles. The van der Waals surface area contributed by atoms with E-state index in [2.05, 4.69) is 26.1 Å². The average molecular weight is 395 g/mol. The normalized spacial score (nSPS) is 10.0. The van der Waals surface area contributed by atoms with E-state index in [1.165, 1.54) is 0 Å². The minimum absolute atomic E-state index is 0.314. The maximum atomic E-state index is 12.0. The van der Waals surface area contributed by atoms with E-state index in [9.17, 15) is 4.79 Å². The van der Waals surface area contributed by atoms with Crippen molar-refractivity contribution >= 4 is 29.0 Å². The van der Waals surface area contributed by atoms with Gasteiger partial charge < -0.3 is 24.8 Å². The zero-order valence-corrected chi connectivity index (χ0v) is 16.2. The molecule has 0 aliphatic heterocycles. The van der Waals surface area contributed by atoms with E-state index in [0.29, 0.717) is 40.3 Å². The molecule has 0 fully saturated rings. The average Bonchev–Trinajstić information content (AvgIpc) is 2.75. The van der Waals surface area contributed by atoms with Gasteiger partial charge in [0.15, 0.2) is 23.1 Å². The van der Waals surface area contributed by atoms with Gasteiger partial charge in [0.2, 0.25) is 5.75 Å². The Bertz CT molecular complexity index is 939. The van der Waals surface area contributed by atoms with Crippen LogP contribution in [0.15, 0.2) is 54.6 Å². The molecule has 3 aromatic rings. The monoisotopic (exact) mass is 395 g/mol. The number of carbonyl (C=O) groups is 1. The van der Waals surface area contributed by atoms with Gasteiger partial charge in [0.25, 0.3) is 0 Å². The second-order valence-corrected chi connectivity index (χ2v) is 5.79. The number of anilines is 4. The highest BCUT2D eigenvalue weighted by atomic mass is 16.5. The van der Waals surface area contributed by atoms with Crippen LogP contribution in [0.4, 0.5) is 27.8 Å². The topological polar surface area (TPSA) is 107 Å². The second-order valence-electron chi connectivity index (χ2n) is 5.79. The van der Waals surface area contributed by atoms with Gasteiger partial charge in [-0.1, -0.05) is 18.2 Å². The number of hydrogen-bond acceptors (Lipinski definition) is 7. The Morgan fingerprint density at radius 1 is 0.759 bits per heavy atom. The van der Waals surface area contributed by atoms with Crippen molar-refractivity contribution in [2.75, 3.05) is 37.3 Å². The molecule has 0 atom stereocenters. The largest absolute Gasteiger partial charge is 0.493 e. The molecule has 3 rings (SSSR count). The van der Waals surface area contributed by atoms with Gasteiger partial charge in [-0.05, 0) is 24.3 Å². The Labute approximate surface area is 168 Å². The third kappa shape index (κ3) is 5.04. The molecule has 9 nitrogen and oxygen atoms in total. The summed E-state index contributed by atoms with van der Waals surface area (Å²) in [6.45, 7) is 0. The summed E-state index contributed by atoms with van der Waals surface area (Å²) < 4.78 is 16.0. The SMILES string of the molecule is COc1cc(Nc2ccc(NC(=O)Nc3ccccc3)nn2)cc(OC)c1OC. The van der Waals surface area contributed by atoms with Crippen LogP contribution in [0.1, 0.15) is 0 Å². The van der Waals surface area contributed by atoms with E-state index >= 15 is 0 Å². The van der Waals surface area contributed by atoms with Gasteiger partial charge in [0.05, 0.1) is 21.3 Å². The molecule has 150 valence electrons. The maximum absolute atomic E-state index is 12.0. The number of methoxy groups -OCH3 is 3. The van der Waals surface area contributed by atoms with Crippen molar-refractivity contribution in [1.29, 1.82) is 0 Å². The molecule has 0 unspecified atom stereocenters. The fraction of sp³-hybridized carbons (Fsp3) is 0.150. The molecule has 0 spiro atoms. The minimum atomic E-state index is -0.407. The molecular formula is C20H21N5O4. The molecular weight excluding hydrogens is 374 g/mol. The summed E-state index contributed by atoms with van der Waals surface area (Å²) >= 11 is 0. The van der Waals surface area contributed by atoms with Crippen LogP contribution in [0.5, 0.6) is 17.2 Å². The van der Waals surface area contributed by atoms with E-state index in [-0.39, 0.29) is 0 Å². The Kier molecular flexibility index (Phi) is 6.31. The number of nitrogens with one attached hydrogen (secondary N) is 3. The Hall–Kier alpha value is -4.01. The standard InChI is InChI=1S/C20H21N5O4/c1-27-15-11-14(12-16(28-2)19(15)29-3)21-17-9-10-18(25-24-17)23-20(26)22-13-7-5-4-6-8-13/h4-12H,1-3H3,(H,21,24)(H2,22,23,25,26). The molecule has 29 heavy (non-hydrogen) atoms. The summed E-state index contributed by atoms with van der Waals surface area (Å²) in [5.74, 6) is 2.31. The molecule has 9 heteroatoms. The van der Waals surface area contributed by atoms with Crippen molar-refractivity contribution in [3.63, 3.8) is 0 Å². The lowest BCUT2D eigenvalue weighted by Gasteiger charge is -2.14. The maximum Gasteiger partial charge on any atom is 0.324 e.